The zero-order valence-electron chi connectivity index (χ0n) is 11.9. The molecule has 4 heteroatoms. The number of nitrogens with zero attached hydrogens (tertiary/aromatic N) is 2. The molecular formula is C15H25N3S. The lowest BCUT2D eigenvalue weighted by molar-refractivity contribution is 0.327. The second-order valence-electron chi connectivity index (χ2n) is 6.07. The molecule has 1 N–H and O–H groups in total. The molecule has 0 amide bonds. The highest BCUT2D eigenvalue weighted by Gasteiger charge is 2.41. The molecule has 3 nitrogen and oxygen atoms in total. The largest absolute Gasteiger partial charge is 0.310 e. The van der Waals surface area contributed by atoms with Gasteiger partial charge >= 0.3 is 0 Å². The number of hydrogen-bond acceptors (Lipinski definition) is 3. The summed E-state index contributed by atoms with van der Waals surface area (Å²) in [6.07, 6.45) is 13.9. The molecule has 106 valence electrons. The second kappa shape index (κ2) is 5.88. The molecule has 1 aromatic heterocycles. The van der Waals surface area contributed by atoms with E-state index in [-0.39, 0.29) is 0 Å². The van der Waals surface area contributed by atoms with Crippen molar-refractivity contribution in [3.05, 3.63) is 18.0 Å². The zero-order valence-corrected chi connectivity index (χ0v) is 12.7. The molecule has 0 radical (unpaired) electrons. The van der Waals surface area contributed by atoms with Crippen LogP contribution in [0.25, 0.3) is 0 Å². The molecule has 0 atom stereocenters. The normalized spacial score (nSPS) is 22.6. The van der Waals surface area contributed by atoms with Crippen LogP contribution in [0, 0.1) is 0 Å². The summed E-state index contributed by atoms with van der Waals surface area (Å²) in [7, 11) is 0. The first-order valence-electron chi connectivity index (χ1n) is 7.61. The van der Waals surface area contributed by atoms with Crippen LogP contribution >= 0.6 is 11.8 Å². The highest BCUT2D eigenvalue weighted by Crippen LogP contribution is 2.46. The Morgan fingerprint density at radius 1 is 1.37 bits per heavy atom. The lowest BCUT2D eigenvalue weighted by Gasteiger charge is -2.21. The molecule has 1 heterocycles. The Morgan fingerprint density at radius 2 is 2.16 bits per heavy atom. The molecule has 2 aliphatic carbocycles. The molecule has 0 bridgehead atoms. The van der Waals surface area contributed by atoms with Gasteiger partial charge in [-0.05, 0) is 38.0 Å². The Hall–Kier alpha value is -0.480. The summed E-state index contributed by atoms with van der Waals surface area (Å²) < 4.78 is 2.75. The van der Waals surface area contributed by atoms with Crippen molar-refractivity contribution in [3.63, 3.8) is 0 Å². The number of thioether (sulfide) groups is 1. The Kier molecular flexibility index (Phi) is 4.18. The standard InChI is InChI=1S/C15H25N3S/c1-19-15(8-9-15)12-16-11-13-7-10-18(17-13)14-5-3-2-4-6-14/h7,10,14,16H,2-6,8-9,11-12H2,1H3. The van der Waals surface area contributed by atoms with Crippen LogP contribution in [0.5, 0.6) is 0 Å². The molecule has 1 aromatic rings. The third kappa shape index (κ3) is 3.34. The SMILES string of the molecule is CSC1(CNCc2ccn(C3CCCCC3)n2)CC1. The Morgan fingerprint density at radius 3 is 2.84 bits per heavy atom. The number of hydrogen-bond donors (Lipinski definition) is 1. The lowest BCUT2D eigenvalue weighted by Crippen LogP contribution is -2.25. The van der Waals surface area contributed by atoms with Crippen LogP contribution in [0.4, 0.5) is 0 Å². The highest BCUT2D eigenvalue weighted by molar-refractivity contribution is 8.00. The molecular weight excluding hydrogens is 254 g/mol. The fourth-order valence-electron chi connectivity index (χ4n) is 3.03. The van der Waals surface area contributed by atoms with E-state index < -0.39 is 0 Å². The first-order chi connectivity index (χ1) is 9.31. The van der Waals surface area contributed by atoms with Gasteiger partial charge in [0.25, 0.3) is 0 Å². The van der Waals surface area contributed by atoms with Gasteiger partial charge in [-0.25, -0.2) is 0 Å². The van der Waals surface area contributed by atoms with Crippen LogP contribution in [0.3, 0.4) is 0 Å². The first kappa shape index (κ1) is 13.5. The summed E-state index contributed by atoms with van der Waals surface area (Å²) in [4.78, 5) is 0. The van der Waals surface area contributed by atoms with E-state index in [9.17, 15) is 0 Å². The second-order valence-corrected chi connectivity index (χ2v) is 7.34. The minimum atomic E-state index is 0.548. The average molecular weight is 279 g/mol. The smallest absolute Gasteiger partial charge is 0.0762 e. The summed E-state index contributed by atoms with van der Waals surface area (Å²) in [5.74, 6) is 0. The van der Waals surface area contributed by atoms with Gasteiger partial charge < -0.3 is 5.32 Å². The van der Waals surface area contributed by atoms with Gasteiger partial charge in [-0.1, -0.05) is 19.3 Å². The fraction of sp³-hybridized carbons (Fsp3) is 0.800. The molecule has 2 aliphatic rings. The van der Waals surface area contributed by atoms with Crippen LogP contribution in [-0.4, -0.2) is 27.3 Å². The zero-order chi connectivity index (χ0) is 13.1. The molecule has 0 spiro atoms. The van der Waals surface area contributed by atoms with Gasteiger partial charge in [0.1, 0.15) is 0 Å². The van der Waals surface area contributed by atoms with Crippen molar-refractivity contribution >= 4 is 11.8 Å². The van der Waals surface area contributed by atoms with Crippen molar-refractivity contribution in [1.29, 1.82) is 0 Å². The molecule has 2 fully saturated rings. The predicted molar refractivity (Wildman–Crippen MR) is 81.5 cm³/mol. The van der Waals surface area contributed by atoms with Gasteiger partial charge in [0, 0.05) is 24.0 Å². The van der Waals surface area contributed by atoms with E-state index in [2.05, 4.69) is 28.5 Å². The number of rotatable bonds is 6. The van der Waals surface area contributed by atoms with Crippen LogP contribution < -0.4 is 5.32 Å². The molecule has 19 heavy (non-hydrogen) atoms. The van der Waals surface area contributed by atoms with E-state index in [0.29, 0.717) is 10.8 Å². The van der Waals surface area contributed by atoms with Gasteiger partial charge in [0.2, 0.25) is 0 Å². The quantitative estimate of drug-likeness (QED) is 0.866. The van der Waals surface area contributed by atoms with Gasteiger partial charge in [-0.15, -0.1) is 0 Å². The van der Waals surface area contributed by atoms with E-state index in [4.69, 9.17) is 5.10 Å². The first-order valence-corrected chi connectivity index (χ1v) is 8.84. The van der Waals surface area contributed by atoms with Crippen LogP contribution in [0.1, 0.15) is 56.7 Å². The maximum Gasteiger partial charge on any atom is 0.0762 e. The number of aromatic nitrogens is 2. The summed E-state index contributed by atoms with van der Waals surface area (Å²) in [6.45, 7) is 2.05. The van der Waals surface area contributed by atoms with Gasteiger partial charge in [0.15, 0.2) is 0 Å². The van der Waals surface area contributed by atoms with E-state index in [1.165, 1.54) is 50.6 Å². The maximum atomic E-state index is 4.75. The summed E-state index contributed by atoms with van der Waals surface area (Å²) in [5.41, 5.74) is 1.20. The Labute approximate surface area is 120 Å². The lowest BCUT2D eigenvalue weighted by atomic mass is 9.96. The molecule has 0 aromatic carbocycles. The third-order valence-corrected chi connectivity index (χ3v) is 6.02. The van der Waals surface area contributed by atoms with Crippen molar-refractivity contribution in [1.82, 2.24) is 15.1 Å². The Balaban J connectivity index is 1.47. The van der Waals surface area contributed by atoms with E-state index in [0.717, 1.165) is 13.1 Å². The minimum Gasteiger partial charge on any atom is -0.310 e. The van der Waals surface area contributed by atoms with Crippen molar-refractivity contribution in [2.45, 2.75) is 62.3 Å². The van der Waals surface area contributed by atoms with E-state index in [1.807, 2.05) is 11.8 Å². The van der Waals surface area contributed by atoms with E-state index in [1.54, 1.807) is 0 Å². The fourth-order valence-corrected chi connectivity index (χ4v) is 3.79. The van der Waals surface area contributed by atoms with Crippen LogP contribution in [0.15, 0.2) is 12.3 Å². The van der Waals surface area contributed by atoms with Gasteiger partial charge in [-0.3, -0.25) is 4.68 Å². The molecule has 0 aliphatic heterocycles. The molecule has 2 saturated carbocycles. The highest BCUT2D eigenvalue weighted by atomic mass is 32.2. The summed E-state index contributed by atoms with van der Waals surface area (Å²) >= 11 is 2.01. The molecule has 0 saturated heterocycles. The maximum absolute atomic E-state index is 4.75. The van der Waals surface area contributed by atoms with Crippen molar-refractivity contribution in [2.24, 2.45) is 0 Å². The van der Waals surface area contributed by atoms with Crippen LogP contribution in [0.2, 0.25) is 0 Å². The van der Waals surface area contributed by atoms with Crippen molar-refractivity contribution < 1.29 is 0 Å². The van der Waals surface area contributed by atoms with Crippen LogP contribution in [-0.2, 0) is 6.54 Å². The third-order valence-electron chi connectivity index (χ3n) is 4.61. The predicted octanol–water partition coefficient (Wildman–Crippen LogP) is 3.37. The van der Waals surface area contributed by atoms with E-state index >= 15 is 0 Å². The monoisotopic (exact) mass is 279 g/mol. The number of nitrogens with one attached hydrogen (secondary N) is 1. The van der Waals surface area contributed by atoms with Crippen molar-refractivity contribution in [3.8, 4) is 0 Å². The topological polar surface area (TPSA) is 29.9 Å². The molecule has 3 rings (SSSR count). The summed E-state index contributed by atoms with van der Waals surface area (Å²) in [6, 6.07) is 2.84. The Bertz CT molecular complexity index is 405. The minimum absolute atomic E-state index is 0.548. The van der Waals surface area contributed by atoms with Gasteiger partial charge in [0.05, 0.1) is 11.7 Å². The van der Waals surface area contributed by atoms with Gasteiger partial charge in [-0.2, -0.15) is 16.9 Å². The molecule has 0 unspecified atom stereocenters. The summed E-state index contributed by atoms with van der Waals surface area (Å²) in [5, 5.41) is 8.32. The average Bonchev–Trinajstić information content (AvgIpc) is 3.09. The van der Waals surface area contributed by atoms with Crippen molar-refractivity contribution in [2.75, 3.05) is 12.8 Å².